The molecular formula is C23H35N5O4. The van der Waals surface area contributed by atoms with Crippen molar-refractivity contribution in [3.63, 3.8) is 0 Å². The maximum absolute atomic E-state index is 12.5. The summed E-state index contributed by atoms with van der Waals surface area (Å²) in [5.41, 5.74) is 4.20. The van der Waals surface area contributed by atoms with Crippen molar-refractivity contribution in [2.24, 2.45) is 4.99 Å². The molecule has 1 saturated heterocycles. The Morgan fingerprint density at radius 3 is 2.78 bits per heavy atom. The first kappa shape index (κ1) is 25.6. The molecule has 0 bridgehead atoms. The molecule has 0 saturated carbocycles. The van der Waals surface area contributed by atoms with Gasteiger partial charge in [-0.05, 0) is 38.8 Å². The highest BCUT2D eigenvalue weighted by molar-refractivity contribution is 6.13. The lowest BCUT2D eigenvalue weighted by molar-refractivity contribution is -0.118. The Kier molecular flexibility index (Phi) is 9.96. The molecule has 2 N–H and O–H groups in total. The number of ketones is 1. The minimum Gasteiger partial charge on any atom is -0.383 e. The van der Waals surface area contributed by atoms with Crippen LogP contribution < -0.4 is 10.6 Å². The average Bonchev–Trinajstić information content (AvgIpc) is 3.20. The van der Waals surface area contributed by atoms with Crippen LogP contribution in [0.5, 0.6) is 0 Å². The van der Waals surface area contributed by atoms with Gasteiger partial charge in [0.15, 0.2) is 5.78 Å². The van der Waals surface area contributed by atoms with E-state index in [1.165, 1.54) is 0 Å². The van der Waals surface area contributed by atoms with Gasteiger partial charge in [0.05, 0.1) is 25.0 Å². The molecule has 9 nitrogen and oxygen atoms in total. The molecule has 0 radical (unpaired) electrons. The molecule has 1 fully saturated rings. The third-order valence-corrected chi connectivity index (χ3v) is 5.34. The number of Topliss-reactive ketones (excluding diaryl/α,β-unsaturated/α-hetero) is 1. The molecule has 32 heavy (non-hydrogen) atoms. The van der Waals surface area contributed by atoms with E-state index in [4.69, 9.17) is 9.57 Å². The molecule has 1 atom stereocenters. The fraction of sp³-hybridized carbons (Fsp3) is 0.565. The van der Waals surface area contributed by atoms with E-state index in [0.29, 0.717) is 55.4 Å². The van der Waals surface area contributed by atoms with Gasteiger partial charge >= 0.3 is 6.03 Å². The van der Waals surface area contributed by atoms with E-state index in [9.17, 15) is 9.59 Å². The number of aromatic nitrogens is 1. The number of rotatable bonds is 10. The van der Waals surface area contributed by atoms with Crippen LogP contribution in [0.2, 0.25) is 0 Å². The average molecular weight is 446 g/mol. The number of methoxy groups -OCH3 is 1. The van der Waals surface area contributed by atoms with E-state index >= 15 is 0 Å². The smallest absolute Gasteiger partial charge is 0.319 e. The highest BCUT2D eigenvalue weighted by Crippen LogP contribution is 2.17. The zero-order valence-corrected chi connectivity index (χ0v) is 19.9. The molecule has 1 aliphatic rings. The van der Waals surface area contributed by atoms with Crippen molar-refractivity contribution in [1.29, 1.82) is 0 Å². The van der Waals surface area contributed by atoms with Crippen LogP contribution in [-0.4, -0.2) is 74.1 Å². The Bertz CT molecular complexity index is 881. The number of carbonyl (C=O) groups excluding carboxylic acids is 2. The molecule has 2 rings (SSSR count). The Labute approximate surface area is 190 Å². The van der Waals surface area contributed by atoms with E-state index in [-0.39, 0.29) is 17.9 Å². The number of pyridine rings is 1. The summed E-state index contributed by atoms with van der Waals surface area (Å²) < 4.78 is 5.05. The maximum Gasteiger partial charge on any atom is 0.319 e. The van der Waals surface area contributed by atoms with E-state index < -0.39 is 0 Å². The van der Waals surface area contributed by atoms with Gasteiger partial charge in [-0.1, -0.05) is 6.92 Å². The number of nitrogens with zero attached hydrogens (tertiary/aromatic N) is 3. The number of aryl methyl sites for hydroxylation is 1. The Morgan fingerprint density at radius 2 is 2.12 bits per heavy atom. The predicted molar refractivity (Wildman–Crippen MR) is 124 cm³/mol. The van der Waals surface area contributed by atoms with Crippen LogP contribution in [-0.2, 0) is 9.57 Å². The van der Waals surface area contributed by atoms with Crippen molar-refractivity contribution >= 4 is 17.5 Å². The topological polar surface area (TPSA) is 105 Å². The van der Waals surface area contributed by atoms with Crippen LogP contribution in [0.25, 0.3) is 0 Å². The van der Waals surface area contributed by atoms with Crippen molar-refractivity contribution in [3.8, 4) is 0 Å². The number of carbonyl (C=O) groups is 2. The Balaban J connectivity index is 2.08. The minimum absolute atomic E-state index is 0.0731. The first-order chi connectivity index (χ1) is 15.3. The Morgan fingerprint density at radius 1 is 1.38 bits per heavy atom. The fourth-order valence-corrected chi connectivity index (χ4v) is 3.47. The number of urea groups is 1. The number of ether oxygens (including phenoxy) is 1. The van der Waals surface area contributed by atoms with Crippen molar-refractivity contribution in [3.05, 3.63) is 40.4 Å². The van der Waals surface area contributed by atoms with Crippen molar-refractivity contribution in [2.45, 2.75) is 46.6 Å². The van der Waals surface area contributed by atoms with E-state index in [1.807, 2.05) is 33.8 Å². The van der Waals surface area contributed by atoms with Gasteiger partial charge < -0.3 is 15.4 Å². The van der Waals surface area contributed by atoms with E-state index in [2.05, 4.69) is 20.6 Å². The number of hydrogen-bond donors (Lipinski definition) is 2. The van der Waals surface area contributed by atoms with Gasteiger partial charge in [-0.15, -0.1) is 0 Å². The van der Waals surface area contributed by atoms with Gasteiger partial charge in [-0.25, -0.2) is 4.79 Å². The number of amides is 2. The summed E-state index contributed by atoms with van der Waals surface area (Å²) in [5.74, 6) is 0.0731. The van der Waals surface area contributed by atoms with Gasteiger partial charge in [0.1, 0.15) is 0 Å². The summed E-state index contributed by atoms with van der Waals surface area (Å²) in [7, 11) is 3.32. The van der Waals surface area contributed by atoms with E-state index in [0.717, 1.165) is 17.6 Å². The predicted octanol–water partition coefficient (Wildman–Crippen LogP) is 2.65. The maximum atomic E-state index is 12.5. The second-order valence-corrected chi connectivity index (χ2v) is 7.82. The summed E-state index contributed by atoms with van der Waals surface area (Å²) in [5, 5.41) is 7.59. The second-order valence-electron chi connectivity index (χ2n) is 7.82. The normalized spacial score (nSPS) is 17.8. The summed E-state index contributed by atoms with van der Waals surface area (Å²) in [6.07, 6.45) is 2.97. The molecule has 176 valence electrons. The van der Waals surface area contributed by atoms with Crippen LogP contribution >= 0.6 is 0 Å². The molecule has 0 spiro atoms. The number of allylic oxidation sites excluding steroid dienone is 2. The van der Waals surface area contributed by atoms with E-state index in [1.54, 1.807) is 25.4 Å². The fourth-order valence-electron chi connectivity index (χ4n) is 3.47. The minimum atomic E-state index is -0.305. The van der Waals surface area contributed by atoms with Gasteiger partial charge in [-0.2, -0.15) is 5.06 Å². The third-order valence-electron chi connectivity index (χ3n) is 5.34. The highest BCUT2D eigenvalue weighted by Gasteiger charge is 2.25. The van der Waals surface area contributed by atoms with Crippen molar-refractivity contribution in [2.75, 3.05) is 40.5 Å². The second kappa shape index (κ2) is 12.4. The summed E-state index contributed by atoms with van der Waals surface area (Å²) in [4.78, 5) is 39.3. The van der Waals surface area contributed by atoms with Gasteiger partial charge in [0.2, 0.25) is 0 Å². The molecule has 2 heterocycles. The first-order valence-electron chi connectivity index (χ1n) is 10.9. The highest BCUT2D eigenvalue weighted by atomic mass is 16.7. The lowest BCUT2D eigenvalue weighted by atomic mass is 9.98. The zero-order chi connectivity index (χ0) is 23.7. The van der Waals surface area contributed by atoms with Crippen LogP contribution in [0.15, 0.2) is 28.5 Å². The van der Waals surface area contributed by atoms with Crippen LogP contribution in [0.3, 0.4) is 0 Å². The van der Waals surface area contributed by atoms with Gasteiger partial charge in [-0.3, -0.25) is 19.6 Å². The standard InChI is InChI=1S/C23H35N5O4/c1-7-8-21(29)20-11-18(12-25-17(20)4)22(24-5)15(2)16(3)26-23(30)27-19-13-28(32-14-19)9-10-31-6/h11-12,19H,7-10,13-14H2,1-6H3,(H2,26,27,30)/b16-15+,24-22?/t19-/m1/s1. The molecule has 1 aliphatic heterocycles. The summed E-state index contributed by atoms with van der Waals surface area (Å²) in [6, 6.07) is 1.43. The molecule has 0 aliphatic carbocycles. The van der Waals surface area contributed by atoms with Crippen molar-refractivity contribution < 1.29 is 19.2 Å². The molecule has 9 heteroatoms. The van der Waals surface area contributed by atoms with Gasteiger partial charge in [0, 0.05) is 62.4 Å². The number of aliphatic imine (C=N–C) groups is 1. The molecule has 2 amide bonds. The molecule has 1 aromatic heterocycles. The zero-order valence-electron chi connectivity index (χ0n) is 19.9. The van der Waals surface area contributed by atoms with Gasteiger partial charge in [0.25, 0.3) is 0 Å². The van der Waals surface area contributed by atoms with Crippen LogP contribution in [0, 0.1) is 6.92 Å². The first-order valence-corrected chi connectivity index (χ1v) is 10.9. The lowest BCUT2D eigenvalue weighted by Gasteiger charge is -2.16. The molecular weight excluding hydrogens is 410 g/mol. The quantitative estimate of drug-likeness (QED) is 0.424. The van der Waals surface area contributed by atoms with Crippen molar-refractivity contribution in [1.82, 2.24) is 20.7 Å². The Hall–Kier alpha value is -2.62. The monoisotopic (exact) mass is 445 g/mol. The van der Waals surface area contributed by atoms with Crippen LogP contribution in [0.4, 0.5) is 4.79 Å². The largest absolute Gasteiger partial charge is 0.383 e. The lowest BCUT2D eigenvalue weighted by Crippen LogP contribution is -2.44. The summed E-state index contributed by atoms with van der Waals surface area (Å²) in [6.45, 7) is 9.76. The number of hydroxylamine groups is 2. The third kappa shape index (κ3) is 6.94. The number of nitrogens with one attached hydrogen (secondary N) is 2. The molecule has 0 aromatic carbocycles. The SMILES string of the molecule is CCCC(=O)c1cc(C(=NC)/C(C)=C(\C)NC(=O)N[C@H]2CON(CCOC)C2)cnc1C. The summed E-state index contributed by atoms with van der Waals surface area (Å²) >= 11 is 0. The number of hydrogen-bond acceptors (Lipinski definition) is 7. The molecule has 1 aromatic rings. The van der Waals surface area contributed by atoms with Crippen LogP contribution in [0.1, 0.15) is 55.2 Å². The molecule has 0 unspecified atom stereocenters.